The van der Waals surface area contributed by atoms with Crippen LogP contribution in [0.3, 0.4) is 0 Å². The second-order valence-corrected chi connectivity index (χ2v) is 4.61. The van der Waals surface area contributed by atoms with Gasteiger partial charge in [-0.3, -0.25) is 0 Å². The zero-order valence-corrected chi connectivity index (χ0v) is 12.8. The maximum atomic E-state index is 5.79. The lowest BCUT2D eigenvalue weighted by atomic mass is 10.3. The van der Waals surface area contributed by atoms with Crippen molar-refractivity contribution < 1.29 is 4.42 Å². The zero-order chi connectivity index (χ0) is 11.7. The molecule has 0 radical (unpaired) electrons. The molecule has 1 aromatic heterocycles. The van der Waals surface area contributed by atoms with Crippen LogP contribution in [-0.2, 0) is 0 Å². The Morgan fingerprint density at radius 3 is 2.78 bits per heavy atom. The first-order valence-corrected chi connectivity index (χ1v) is 6.12. The Morgan fingerprint density at radius 1 is 1.11 bits per heavy atom. The fraction of sp³-hybridized carbons (Fsp3) is 0.462. The molecule has 0 atom stereocenters. The van der Waals surface area contributed by atoms with Crippen molar-refractivity contribution in [3.05, 3.63) is 24.3 Å². The number of likely N-dealkylation sites (N-methyl/N-ethyl adjacent to an activating group) is 1. The Balaban J connectivity index is 0.00000120. The summed E-state index contributed by atoms with van der Waals surface area (Å²) in [6.45, 7) is 4.23. The Bertz CT molecular complexity index is 481. The molecule has 3 rings (SSSR count). The molecule has 2 heterocycles. The van der Waals surface area contributed by atoms with E-state index in [1.807, 2.05) is 24.3 Å². The highest BCUT2D eigenvalue weighted by atomic mass is 127. The molecule has 1 aliphatic rings. The van der Waals surface area contributed by atoms with Gasteiger partial charge in [-0.15, -0.1) is 24.0 Å². The molecule has 2 aromatic rings. The first kappa shape index (κ1) is 13.6. The quantitative estimate of drug-likeness (QED) is 0.733. The molecule has 0 aliphatic carbocycles. The van der Waals surface area contributed by atoms with Gasteiger partial charge in [-0.2, -0.15) is 4.98 Å². The van der Waals surface area contributed by atoms with E-state index in [4.69, 9.17) is 4.42 Å². The van der Waals surface area contributed by atoms with Crippen molar-refractivity contribution in [1.82, 2.24) is 9.88 Å². The van der Waals surface area contributed by atoms with Crippen molar-refractivity contribution in [3.8, 4) is 0 Å². The second kappa shape index (κ2) is 5.88. The number of hydrogen-bond donors (Lipinski definition) is 0. The van der Waals surface area contributed by atoms with Crippen molar-refractivity contribution in [2.24, 2.45) is 0 Å². The van der Waals surface area contributed by atoms with E-state index in [1.165, 1.54) is 0 Å². The molecule has 4 nitrogen and oxygen atoms in total. The van der Waals surface area contributed by atoms with E-state index in [0.717, 1.165) is 49.7 Å². The number of oxazole rings is 1. The molecule has 98 valence electrons. The third-order valence-electron chi connectivity index (χ3n) is 3.27. The monoisotopic (exact) mass is 359 g/mol. The Morgan fingerprint density at radius 2 is 1.94 bits per heavy atom. The Kier molecular flexibility index (Phi) is 4.45. The van der Waals surface area contributed by atoms with Gasteiger partial charge in [0, 0.05) is 19.6 Å². The maximum absolute atomic E-state index is 5.79. The largest absolute Gasteiger partial charge is 0.423 e. The lowest BCUT2D eigenvalue weighted by molar-refractivity contribution is 0.359. The van der Waals surface area contributed by atoms with Crippen molar-refractivity contribution in [1.29, 1.82) is 0 Å². The van der Waals surface area contributed by atoms with Gasteiger partial charge in [-0.25, -0.2) is 0 Å². The molecule has 1 saturated heterocycles. The minimum absolute atomic E-state index is 0. The summed E-state index contributed by atoms with van der Waals surface area (Å²) in [5, 5.41) is 0. The number of aromatic nitrogens is 1. The van der Waals surface area contributed by atoms with Crippen LogP contribution in [0.1, 0.15) is 6.42 Å². The summed E-state index contributed by atoms with van der Waals surface area (Å²) in [5.41, 5.74) is 1.82. The minimum Gasteiger partial charge on any atom is -0.423 e. The SMILES string of the molecule is CN1CCCN(c2nc3ccccc3o2)CC1.I. The number of benzene rings is 1. The zero-order valence-electron chi connectivity index (χ0n) is 10.5. The molecule has 0 bridgehead atoms. The number of nitrogens with zero attached hydrogens (tertiary/aromatic N) is 3. The highest BCUT2D eigenvalue weighted by Crippen LogP contribution is 2.22. The van der Waals surface area contributed by atoms with Gasteiger partial charge < -0.3 is 14.2 Å². The van der Waals surface area contributed by atoms with Crippen LogP contribution >= 0.6 is 24.0 Å². The van der Waals surface area contributed by atoms with E-state index in [0.29, 0.717) is 0 Å². The molecule has 1 aromatic carbocycles. The lowest BCUT2D eigenvalue weighted by Gasteiger charge is -2.17. The molecule has 0 unspecified atom stereocenters. The van der Waals surface area contributed by atoms with Gasteiger partial charge >= 0.3 is 0 Å². The van der Waals surface area contributed by atoms with Gasteiger partial charge in [-0.05, 0) is 32.1 Å². The molecule has 0 spiro atoms. The van der Waals surface area contributed by atoms with Crippen LogP contribution in [-0.4, -0.2) is 43.1 Å². The van der Waals surface area contributed by atoms with Gasteiger partial charge in [-0.1, -0.05) is 12.1 Å². The molecule has 1 aliphatic heterocycles. The van der Waals surface area contributed by atoms with E-state index in [1.54, 1.807) is 0 Å². The van der Waals surface area contributed by atoms with E-state index in [9.17, 15) is 0 Å². The number of para-hydroxylation sites is 2. The lowest BCUT2D eigenvalue weighted by Crippen LogP contribution is -2.28. The number of fused-ring (bicyclic) bond motifs is 1. The third kappa shape index (κ3) is 2.77. The fourth-order valence-corrected chi connectivity index (χ4v) is 2.23. The van der Waals surface area contributed by atoms with Crippen LogP contribution in [0, 0.1) is 0 Å². The van der Waals surface area contributed by atoms with Gasteiger partial charge in [0.2, 0.25) is 0 Å². The molecular formula is C13H18IN3O. The summed E-state index contributed by atoms with van der Waals surface area (Å²) >= 11 is 0. The number of rotatable bonds is 1. The fourth-order valence-electron chi connectivity index (χ4n) is 2.23. The summed E-state index contributed by atoms with van der Waals surface area (Å²) in [6.07, 6.45) is 1.16. The van der Waals surface area contributed by atoms with Crippen molar-refractivity contribution in [2.75, 3.05) is 38.1 Å². The molecular weight excluding hydrogens is 341 g/mol. The molecule has 5 heteroatoms. The normalized spacial score (nSPS) is 17.5. The standard InChI is InChI=1S/C13H17N3O.HI/c1-15-7-4-8-16(10-9-15)13-14-11-5-2-3-6-12(11)17-13;/h2-3,5-6H,4,7-10H2,1H3;1H. The van der Waals surface area contributed by atoms with Gasteiger partial charge in [0.05, 0.1) is 0 Å². The van der Waals surface area contributed by atoms with E-state index in [-0.39, 0.29) is 24.0 Å². The highest BCUT2D eigenvalue weighted by Gasteiger charge is 2.17. The number of halogens is 1. The molecule has 18 heavy (non-hydrogen) atoms. The maximum Gasteiger partial charge on any atom is 0.298 e. The second-order valence-electron chi connectivity index (χ2n) is 4.61. The van der Waals surface area contributed by atoms with Crippen LogP contribution in [0.2, 0.25) is 0 Å². The first-order valence-electron chi connectivity index (χ1n) is 6.12. The van der Waals surface area contributed by atoms with Crippen molar-refractivity contribution in [3.63, 3.8) is 0 Å². The van der Waals surface area contributed by atoms with E-state index >= 15 is 0 Å². The summed E-state index contributed by atoms with van der Waals surface area (Å²) in [4.78, 5) is 9.13. The van der Waals surface area contributed by atoms with E-state index in [2.05, 4.69) is 21.8 Å². The van der Waals surface area contributed by atoms with E-state index < -0.39 is 0 Å². The van der Waals surface area contributed by atoms with Crippen LogP contribution in [0.15, 0.2) is 28.7 Å². The van der Waals surface area contributed by atoms with Crippen LogP contribution in [0.5, 0.6) is 0 Å². The molecule has 0 saturated carbocycles. The predicted octanol–water partition coefficient (Wildman–Crippen LogP) is 2.59. The topological polar surface area (TPSA) is 32.5 Å². The highest BCUT2D eigenvalue weighted by molar-refractivity contribution is 14.0. The summed E-state index contributed by atoms with van der Waals surface area (Å²) in [5.74, 6) is 0. The third-order valence-corrected chi connectivity index (χ3v) is 3.27. The Labute approximate surface area is 124 Å². The van der Waals surface area contributed by atoms with Crippen LogP contribution < -0.4 is 4.90 Å². The smallest absolute Gasteiger partial charge is 0.298 e. The number of hydrogen-bond acceptors (Lipinski definition) is 4. The van der Waals surface area contributed by atoms with Crippen LogP contribution in [0.25, 0.3) is 11.1 Å². The average Bonchev–Trinajstić information content (AvgIpc) is 2.65. The van der Waals surface area contributed by atoms with Crippen LogP contribution in [0.4, 0.5) is 6.01 Å². The predicted molar refractivity (Wildman–Crippen MR) is 83.8 cm³/mol. The number of anilines is 1. The van der Waals surface area contributed by atoms with Gasteiger partial charge in [0.15, 0.2) is 5.58 Å². The minimum atomic E-state index is 0. The van der Waals surface area contributed by atoms with Gasteiger partial charge in [0.1, 0.15) is 5.52 Å². The van der Waals surface area contributed by atoms with Crippen molar-refractivity contribution >= 4 is 41.1 Å². The summed E-state index contributed by atoms with van der Waals surface area (Å²) in [7, 11) is 2.16. The Hall–Kier alpha value is -0.820. The molecule has 1 fully saturated rings. The summed E-state index contributed by atoms with van der Waals surface area (Å²) < 4.78 is 5.79. The summed E-state index contributed by atoms with van der Waals surface area (Å²) in [6, 6.07) is 8.70. The first-order chi connectivity index (χ1) is 8.33. The molecule has 0 N–H and O–H groups in total. The molecule has 0 amide bonds. The van der Waals surface area contributed by atoms with Gasteiger partial charge in [0.25, 0.3) is 6.01 Å². The van der Waals surface area contributed by atoms with Crippen molar-refractivity contribution in [2.45, 2.75) is 6.42 Å². The average molecular weight is 359 g/mol.